The first-order valence-electron chi connectivity index (χ1n) is 7.64. The zero-order valence-corrected chi connectivity index (χ0v) is 13.6. The fraction of sp³-hybridized carbons (Fsp3) is 0.529. The van der Waals surface area contributed by atoms with Gasteiger partial charge in [0.2, 0.25) is 5.91 Å². The number of hydrogen-bond donors (Lipinski definition) is 0. The number of nitrogens with zero attached hydrogens (tertiary/aromatic N) is 3. The lowest BCUT2D eigenvalue weighted by atomic mass is 10.2. The van der Waals surface area contributed by atoms with Crippen molar-refractivity contribution in [2.75, 3.05) is 26.2 Å². The molecule has 1 aromatic rings. The number of amides is 1. The minimum Gasteiger partial charge on any atom is -0.341 e. The lowest BCUT2D eigenvalue weighted by molar-refractivity contribution is -0.132. The Morgan fingerprint density at radius 2 is 2.09 bits per heavy atom. The van der Waals surface area contributed by atoms with Gasteiger partial charge in [0.1, 0.15) is 5.82 Å². The average molecular weight is 305 g/mol. The minimum atomic E-state index is -0.266. The van der Waals surface area contributed by atoms with Crippen LogP contribution in [-0.2, 0) is 11.3 Å². The molecule has 0 saturated heterocycles. The van der Waals surface area contributed by atoms with Crippen LogP contribution in [0.25, 0.3) is 0 Å². The highest BCUT2D eigenvalue weighted by Gasteiger charge is 2.17. The summed E-state index contributed by atoms with van der Waals surface area (Å²) in [5.41, 5.74) is 0.850. The van der Waals surface area contributed by atoms with E-state index in [4.69, 9.17) is 5.26 Å². The van der Waals surface area contributed by atoms with Gasteiger partial charge in [0.15, 0.2) is 0 Å². The largest absolute Gasteiger partial charge is 0.341 e. The number of nitriles is 1. The highest BCUT2D eigenvalue weighted by atomic mass is 19.1. The molecule has 0 aliphatic heterocycles. The quantitative estimate of drug-likeness (QED) is 0.742. The second kappa shape index (κ2) is 9.16. The van der Waals surface area contributed by atoms with Crippen LogP contribution in [0.2, 0.25) is 0 Å². The molecule has 0 aliphatic carbocycles. The molecule has 0 spiro atoms. The maximum atomic E-state index is 13.2. The van der Waals surface area contributed by atoms with Crippen molar-refractivity contribution in [1.82, 2.24) is 9.80 Å². The Bertz CT molecular complexity index is 527. The van der Waals surface area contributed by atoms with E-state index in [0.29, 0.717) is 26.2 Å². The Kier molecular flexibility index (Phi) is 7.55. The lowest BCUT2D eigenvalue weighted by Crippen LogP contribution is -2.41. The molecule has 0 bridgehead atoms. The van der Waals surface area contributed by atoms with E-state index in [0.717, 1.165) is 5.56 Å². The standard InChI is InChI=1S/C17H24FN3O/c1-4-20(12-15-7-6-8-16(18)9-15)13-17(22)21(5-2)11-14(3)10-19/h6-9,14H,4-5,11-13H2,1-3H3. The lowest BCUT2D eigenvalue weighted by Gasteiger charge is -2.26. The Hall–Kier alpha value is -1.93. The Balaban J connectivity index is 2.64. The number of rotatable bonds is 8. The van der Waals surface area contributed by atoms with E-state index < -0.39 is 0 Å². The van der Waals surface area contributed by atoms with E-state index in [9.17, 15) is 9.18 Å². The zero-order valence-electron chi connectivity index (χ0n) is 13.6. The summed E-state index contributed by atoms with van der Waals surface area (Å²) in [6, 6.07) is 8.57. The Morgan fingerprint density at radius 3 is 2.64 bits per heavy atom. The van der Waals surface area contributed by atoms with Crippen LogP contribution >= 0.6 is 0 Å². The number of likely N-dealkylation sites (N-methyl/N-ethyl adjacent to an activating group) is 2. The molecule has 0 aromatic heterocycles. The number of carbonyl (C=O) groups is 1. The van der Waals surface area contributed by atoms with Crippen molar-refractivity contribution < 1.29 is 9.18 Å². The van der Waals surface area contributed by atoms with Crippen LogP contribution in [0.5, 0.6) is 0 Å². The maximum absolute atomic E-state index is 13.2. The first kappa shape index (κ1) is 18.1. The predicted octanol–water partition coefficient (Wildman–Crippen LogP) is 2.66. The van der Waals surface area contributed by atoms with Crippen LogP contribution in [0.1, 0.15) is 26.3 Å². The summed E-state index contributed by atoms with van der Waals surface area (Å²) in [6.07, 6.45) is 0. The smallest absolute Gasteiger partial charge is 0.236 e. The van der Waals surface area contributed by atoms with E-state index in [1.54, 1.807) is 17.9 Å². The normalized spacial score (nSPS) is 12.0. The van der Waals surface area contributed by atoms with Crippen molar-refractivity contribution in [3.8, 4) is 6.07 Å². The molecule has 120 valence electrons. The van der Waals surface area contributed by atoms with Gasteiger partial charge in [0.05, 0.1) is 18.5 Å². The van der Waals surface area contributed by atoms with Gasteiger partial charge >= 0.3 is 0 Å². The van der Waals surface area contributed by atoms with Crippen molar-refractivity contribution in [2.45, 2.75) is 27.3 Å². The third kappa shape index (κ3) is 5.82. The van der Waals surface area contributed by atoms with Crippen molar-refractivity contribution in [3.63, 3.8) is 0 Å². The summed E-state index contributed by atoms with van der Waals surface area (Å²) in [5.74, 6) is -0.442. The molecule has 0 N–H and O–H groups in total. The summed E-state index contributed by atoms with van der Waals surface area (Å²) < 4.78 is 13.2. The third-order valence-corrected chi connectivity index (χ3v) is 3.55. The number of halogens is 1. The molecule has 4 nitrogen and oxygen atoms in total. The van der Waals surface area contributed by atoms with Crippen LogP contribution in [0.3, 0.4) is 0 Å². The van der Waals surface area contributed by atoms with Crippen LogP contribution in [0, 0.1) is 23.1 Å². The molecule has 0 saturated carbocycles. The average Bonchev–Trinajstić information content (AvgIpc) is 2.51. The van der Waals surface area contributed by atoms with Crippen molar-refractivity contribution >= 4 is 5.91 Å². The summed E-state index contributed by atoms with van der Waals surface area (Å²) in [7, 11) is 0. The predicted molar refractivity (Wildman–Crippen MR) is 84.4 cm³/mol. The van der Waals surface area contributed by atoms with Crippen LogP contribution in [0.4, 0.5) is 4.39 Å². The van der Waals surface area contributed by atoms with Gasteiger partial charge in [0, 0.05) is 19.6 Å². The maximum Gasteiger partial charge on any atom is 0.236 e. The Labute approximate surface area is 132 Å². The molecule has 1 unspecified atom stereocenters. The summed E-state index contributed by atoms with van der Waals surface area (Å²) >= 11 is 0. The molecule has 1 amide bonds. The van der Waals surface area contributed by atoms with Gasteiger partial charge in [-0.05, 0) is 38.1 Å². The van der Waals surface area contributed by atoms with Gasteiger partial charge in [-0.25, -0.2) is 4.39 Å². The van der Waals surface area contributed by atoms with Crippen LogP contribution < -0.4 is 0 Å². The van der Waals surface area contributed by atoms with Gasteiger partial charge in [-0.3, -0.25) is 9.69 Å². The molecule has 5 heteroatoms. The van der Waals surface area contributed by atoms with E-state index in [1.807, 2.05) is 24.8 Å². The van der Waals surface area contributed by atoms with Gasteiger partial charge in [0.25, 0.3) is 0 Å². The molecular formula is C17H24FN3O. The van der Waals surface area contributed by atoms with E-state index in [1.165, 1.54) is 12.1 Å². The second-order valence-corrected chi connectivity index (χ2v) is 5.40. The van der Waals surface area contributed by atoms with Crippen molar-refractivity contribution in [3.05, 3.63) is 35.6 Å². The fourth-order valence-corrected chi connectivity index (χ4v) is 2.24. The molecule has 0 radical (unpaired) electrons. The summed E-state index contributed by atoms with van der Waals surface area (Å²) in [6.45, 7) is 8.23. The zero-order chi connectivity index (χ0) is 16.5. The van der Waals surface area contributed by atoms with E-state index in [-0.39, 0.29) is 24.2 Å². The molecule has 1 rings (SSSR count). The summed E-state index contributed by atoms with van der Waals surface area (Å²) in [4.78, 5) is 16.0. The molecule has 0 aliphatic rings. The monoisotopic (exact) mass is 305 g/mol. The molecule has 0 heterocycles. The molecular weight excluding hydrogens is 281 g/mol. The number of benzene rings is 1. The van der Waals surface area contributed by atoms with Gasteiger partial charge in [-0.15, -0.1) is 0 Å². The third-order valence-electron chi connectivity index (χ3n) is 3.55. The number of carbonyl (C=O) groups excluding carboxylic acids is 1. The SMILES string of the molecule is CCN(CC(=O)N(CC)CC(C)C#N)Cc1cccc(F)c1. The first-order chi connectivity index (χ1) is 10.5. The Morgan fingerprint density at radius 1 is 1.36 bits per heavy atom. The van der Waals surface area contributed by atoms with E-state index in [2.05, 4.69) is 6.07 Å². The molecule has 22 heavy (non-hydrogen) atoms. The van der Waals surface area contributed by atoms with Gasteiger partial charge < -0.3 is 4.90 Å². The topological polar surface area (TPSA) is 47.3 Å². The molecule has 1 aromatic carbocycles. The van der Waals surface area contributed by atoms with Crippen molar-refractivity contribution in [1.29, 1.82) is 5.26 Å². The highest BCUT2D eigenvalue weighted by Crippen LogP contribution is 2.08. The van der Waals surface area contributed by atoms with Gasteiger partial charge in [-0.2, -0.15) is 5.26 Å². The fourth-order valence-electron chi connectivity index (χ4n) is 2.24. The second-order valence-electron chi connectivity index (χ2n) is 5.40. The van der Waals surface area contributed by atoms with Crippen molar-refractivity contribution in [2.24, 2.45) is 5.92 Å². The molecule has 0 fully saturated rings. The highest BCUT2D eigenvalue weighted by molar-refractivity contribution is 5.78. The minimum absolute atomic E-state index is 0.00264. The van der Waals surface area contributed by atoms with Crippen LogP contribution in [0.15, 0.2) is 24.3 Å². The number of hydrogen-bond acceptors (Lipinski definition) is 3. The van der Waals surface area contributed by atoms with Gasteiger partial charge in [-0.1, -0.05) is 19.1 Å². The summed E-state index contributed by atoms with van der Waals surface area (Å²) in [5, 5.41) is 8.88. The van der Waals surface area contributed by atoms with Crippen LogP contribution in [-0.4, -0.2) is 41.9 Å². The first-order valence-corrected chi connectivity index (χ1v) is 7.64. The molecule has 1 atom stereocenters. The van der Waals surface area contributed by atoms with E-state index >= 15 is 0 Å².